The summed E-state index contributed by atoms with van der Waals surface area (Å²) in [5.74, 6) is -0.323. The lowest BCUT2D eigenvalue weighted by atomic mass is 10.0. The molecule has 2 aromatic rings. The SMILES string of the molecule is CCOc1ccc(C2CCCN2C(=O)c2cc(C(=O)OC)cc([N+](=O)[O-])c2)cc1. The summed E-state index contributed by atoms with van der Waals surface area (Å²) in [6, 6.07) is 11.1. The Morgan fingerprint density at radius 3 is 2.48 bits per heavy atom. The molecule has 2 aromatic carbocycles. The van der Waals surface area contributed by atoms with E-state index in [9.17, 15) is 19.7 Å². The number of carbonyl (C=O) groups excluding carboxylic acids is 2. The lowest BCUT2D eigenvalue weighted by molar-refractivity contribution is -0.384. The van der Waals surface area contributed by atoms with Crippen LogP contribution in [0.5, 0.6) is 5.75 Å². The van der Waals surface area contributed by atoms with Crippen molar-refractivity contribution in [2.24, 2.45) is 0 Å². The Morgan fingerprint density at radius 2 is 1.86 bits per heavy atom. The van der Waals surface area contributed by atoms with Crippen LogP contribution in [0.1, 0.15) is 52.1 Å². The Balaban J connectivity index is 1.91. The van der Waals surface area contributed by atoms with E-state index in [1.165, 1.54) is 19.2 Å². The van der Waals surface area contributed by atoms with Gasteiger partial charge < -0.3 is 14.4 Å². The van der Waals surface area contributed by atoms with E-state index in [1.54, 1.807) is 4.90 Å². The Kier molecular flexibility index (Phi) is 6.11. The molecule has 0 saturated carbocycles. The van der Waals surface area contributed by atoms with Crippen LogP contribution in [0, 0.1) is 10.1 Å². The van der Waals surface area contributed by atoms with Crippen LogP contribution >= 0.6 is 0 Å². The molecule has 8 nitrogen and oxygen atoms in total. The zero-order valence-electron chi connectivity index (χ0n) is 16.3. The van der Waals surface area contributed by atoms with Crippen LogP contribution in [-0.4, -0.2) is 42.0 Å². The van der Waals surface area contributed by atoms with Gasteiger partial charge in [0.25, 0.3) is 11.6 Å². The minimum atomic E-state index is -0.729. The van der Waals surface area contributed by atoms with Gasteiger partial charge in [-0.3, -0.25) is 14.9 Å². The third-order valence-corrected chi connectivity index (χ3v) is 4.89. The van der Waals surface area contributed by atoms with Crippen LogP contribution in [0.15, 0.2) is 42.5 Å². The number of benzene rings is 2. The number of methoxy groups -OCH3 is 1. The molecule has 1 heterocycles. The van der Waals surface area contributed by atoms with E-state index in [4.69, 9.17) is 4.74 Å². The molecule has 0 spiro atoms. The Labute approximate surface area is 168 Å². The lowest BCUT2D eigenvalue weighted by Gasteiger charge is -2.25. The first-order valence-electron chi connectivity index (χ1n) is 9.36. The molecular weight excluding hydrogens is 376 g/mol. The van der Waals surface area contributed by atoms with E-state index >= 15 is 0 Å². The maximum Gasteiger partial charge on any atom is 0.338 e. The van der Waals surface area contributed by atoms with Crippen LogP contribution in [0.4, 0.5) is 5.69 Å². The molecule has 152 valence electrons. The van der Waals surface area contributed by atoms with Gasteiger partial charge in [0.2, 0.25) is 0 Å². The van der Waals surface area contributed by atoms with E-state index < -0.39 is 10.9 Å². The smallest absolute Gasteiger partial charge is 0.338 e. The van der Waals surface area contributed by atoms with E-state index in [1.807, 2.05) is 31.2 Å². The fourth-order valence-electron chi connectivity index (χ4n) is 3.55. The van der Waals surface area contributed by atoms with Crippen molar-refractivity contribution in [3.05, 3.63) is 69.3 Å². The molecule has 1 aliphatic rings. The van der Waals surface area contributed by atoms with Crippen LogP contribution in [0.3, 0.4) is 0 Å². The van der Waals surface area contributed by atoms with E-state index in [-0.39, 0.29) is 28.8 Å². The highest BCUT2D eigenvalue weighted by Gasteiger charge is 2.32. The van der Waals surface area contributed by atoms with Crippen molar-refractivity contribution in [2.75, 3.05) is 20.3 Å². The van der Waals surface area contributed by atoms with Gasteiger partial charge in [0, 0.05) is 24.2 Å². The van der Waals surface area contributed by atoms with Gasteiger partial charge in [0.1, 0.15) is 5.75 Å². The van der Waals surface area contributed by atoms with Crippen molar-refractivity contribution in [1.29, 1.82) is 0 Å². The number of nitro groups is 1. The van der Waals surface area contributed by atoms with Gasteiger partial charge in [-0.2, -0.15) is 0 Å². The van der Waals surface area contributed by atoms with Crippen molar-refractivity contribution in [2.45, 2.75) is 25.8 Å². The van der Waals surface area contributed by atoms with Crippen LogP contribution in [-0.2, 0) is 4.74 Å². The maximum atomic E-state index is 13.2. The Hall–Kier alpha value is -3.42. The summed E-state index contributed by atoms with van der Waals surface area (Å²) < 4.78 is 10.1. The zero-order chi connectivity index (χ0) is 21.0. The topological polar surface area (TPSA) is 99.0 Å². The van der Waals surface area contributed by atoms with E-state index in [0.29, 0.717) is 13.2 Å². The highest BCUT2D eigenvalue weighted by molar-refractivity contribution is 5.99. The van der Waals surface area contributed by atoms with Crippen molar-refractivity contribution in [3.8, 4) is 5.75 Å². The first-order chi connectivity index (χ1) is 13.9. The quantitative estimate of drug-likeness (QED) is 0.417. The lowest BCUT2D eigenvalue weighted by Crippen LogP contribution is -2.30. The molecular formula is C21H22N2O6. The fraction of sp³-hybridized carbons (Fsp3) is 0.333. The van der Waals surface area contributed by atoms with Gasteiger partial charge in [-0.15, -0.1) is 0 Å². The van der Waals surface area contributed by atoms with Crippen LogP contribution in [0.25, 0.3) is 0 Å². The molecule has 1 saturated heterocycles. The highest BCUT2D eigenvalue weighted by atomic mass is 16.6. The molecule has 8 heteroatoms. The first-order valence-corrected chi connectivity index (χ1v) is 9.36. The second kappa shape index (κ2) is 8.72. The molecule has 0 aromatic heterocycles. The van der Waals surface area contributed by atoms with E-state index in [2.05, 4.69) is 4.74 Å². The second-order valence-corrected chi connectivity index (χ2v) is 6.68. The average molecular weight is 398 g/mol. The standard InChI is InChI=1S/C21H22N2O6/c1-3-29-18-8-6-14(7-9-18)19-5-4-10-22(19)20(24)15-11-16(21(25)28-2)13-17(12-15)23(26)27/h6-9,11-13,19H,3-5,10H2,1-2H3. The van der Waals surface area contributed by atoms with Gasteiger partial charge in [-0.25, -0.2) is 4.79 Å². The van der Waals surface area contributed by atoms with Gasteiger partial charge >= 0.3 is 5.97 Å². The number of ether oxygens (including phenoxy) is 2. The zero-order valence-corrected chi connectivity index (χ0v) is 16.3. The number of amides is 1. The molecule has 1 atom stereocenters. The molecule has 1 unspecified atom stereocenters. The largest absolute Gasteiger partial charge is 0.494 e. The van der Waals surface area contributed by atoms with E-state index in [0.717, 1.165) is 30.2 Å². The Morgan fingerprint density at radius 1 is 1.17 bits per heavy atom. The number of likely N-dealkylation sites (tertiary alicyclic amines) is 1. The van der Waals surface area contributed by atoms with Gasteiger partial charge in [0.05, 0.1) is 30.2 Å². The molecule has 1 amide bonds. The predicted molar refractivity (Wildman–Crippen MR) is 105 cm³/mol. The third kappa shape index (κ3) is 4.37. The molecule has 1 fully saturated rings. The van der Waals surface area contributed by atoms with Crippen molar-refractivity contribution < 1.29 is 24.0 Å². The van der Waals surface area contributed by atoms with Crippen LogP contribution in [0.2, 0.25) is 0 Å². The molecule has 3 rings (SSSR count). The summed E-state index contributed by atoms with van der Waals surface area (Å²) in [7, 11) is 1.19. The average Bonchev–Trinajstić information content (AvgIpc) is 3.22. The molecule has 29 heavy (non-hydrogen) atoms. The fourth-order valence-corrected chi connectivity index (χ4v) is 3.55. The minimum absolute atomic E-state index is 0.0261. The number of carbonyl (C=O) groups is 2. The maximum absolute atomic E-state index is 13.2. The Bertz CT molecular complexity index is 925. The van der Waals surface area contributed by atoms with Gasteiger partial charge in [-0.1, -0.05) is 12.1 Å². The molecule has 0 aliphatic carbocycles. The van der Waals surface area contributed by atoms with Gasteiger partial charge in [0.15, 0.2) is 0 Å². The molecule has 0 bridgehead atoms. The summed E-state index contributed by atoms with van der Waals surface area (Å²) >= 11 is 0. The van der Waals surface area contributed by atoms with Crippen molar-refractivity contribution in [3.63, 3.8) is 0 Å². The van der Waals surface area contributed by atoms with Crippen molar-refractivity contribution >= 4 is 17.6 Å². The summed E-state index contributed by atoms with van der Waals surface area (Å²) in [5.41, 5.74) is 0.713. The normalized spacial score (nSPS) is 15.8. The summed E-state index contributed by atoms with van der Waals surface area (Å²) in [4.78, 5) is 37.3. The molecule has 0 radical (unpaired) electrons. The number of esters is 1. The van der Waals surface area contributed by atoms with Crippen LogP contribution < -0.4 is 4.74 Å². The number of hydrogen-bond acceptors (Lipinski definition) is 6. The summed E-state index contributed by atoms with van der Waals surface area (Å²) in [6.07, 6.45) is 1.61. The second-order valence-electron chi connectivity index (χ2n) is 6.68. The summed E-state index contributed by atoms with van der Waals surface area (Å²) in [5, 5.41) is 11.2. The monoisotopic (exact) mass is 398 g/mol. The number of non-ortho nitro benzene ring substituents is 1. The number of nitrogens with zero attached hydrogens (tertiary/aromatic N) is 2. The van der Waals surface area contributed by atoms with Crippen molar-refractivity contribution in [1.82, 2.24) is 4.90 Å². The minimum Gasteiger partial charge on any atom is -0.494 e. The number of nitro benzene ring substituents is 1. The number of rotatable bonds is 6. The summed E-state index contributed by atoms with van der Waals surface area (Å²) in [6.45, 7) is 3.02. The highest BCUT2D eigenvalue weighted by Crippen LogP contribution is 2.34. The van der Waals surface area contributed by atoms with Gasteiger partial charge in [-0.05, 0) is 43.5 Å². The predicted octanol–water partition coefficient (Wildman–Crippen LogP) is 3.76. The number of hydrogen-bond donors (Lipinski definition) is 0. The molecule has 1 aliphatic heterocycles. The third-order valence-electron chi connectivity index (χ3n) is 4.89. The molecule has 0 N–H and O–H groups in total. The first kappa shape index (κ1) is 20.3.